The summed E-state index contributed by atoms with van der Waals surface area (Å²) in [6.07, 6.45) is -4.70. The van der Waals surface area contributed by atoms with Crippen LogP contribution in [-0.4, -0.2) is 45.4 Å². The van der Waals surface area contributed by atoms with Crippen molar-refractivity contribution in [2.75, 3.05) is 32.1 Å². The fourth-order valence-electron chi connectivity index (χ4n) is 2.71. The van der Waals surface area contributed by atoms with Gasteiger partial charge in [0.05, 0.1) is 29.3 Å². The minimum absolute atomic E-state index is 0.0636. The van der Waals surface area contributed by atoms with E-state index in [2.05, 4.69) is 5.32 Å². The van der Waals surface area contributed by atoms with Gasteiger partial charge >= 0.3 is 6.18 Å². The molecule has 6 nitrogen and oxygen atoms in total. The molecule has 0 aromatic heterocycles. The molecular weight excluding hydrogens is 428 g/mol. The molecular formula is C19H20F4N2O4S. The number of alkyl halides is 3. The molecule has 1 amide bonds. The molecule has 0 aliphatic heterocycles. The van der Waals surface area contributed by atoms with Crippen LogP contribution in [0.25, 0.3) is 0 Å². The number of rotatable bonds is 8. The van der Waals surface area contributed by atoms with Crippen molar-refractivity contribution in [3.8, 4) is 0 Å². The maximum absolute atomic E-state index is 13.3. The molecule has 0 aliphatic rings. The maximum atomic E-state index is 13.3. The first-order valence-corrected chi connectivity index (χ1v) is 10.1. The van der Waals surface area contributed by atoms with Crippen LogP contribution in [0.1, 0.15) is 11.1 Å². The van der Waals surface area contributed by atoms with Crippen LogP contribution in [0.15, 0.2) is 47.4 Å². The number of para-hydroxylation sites is 1. The lowest BCUT2D eigenvalue weighted by Gasteiger charge is -2.23. The number of hydrogen-bond acceptors (Lipinski definition) is 4. The lowest BCUT2D eigenvalue weighted by atomic mass is 10.1. The van der Waals surface area contributed by atoms with E-state index >= 15 is 0 Å². The summed E-state index contributed by atoms with van der Waals surface area (Å²) in [5.41, 5.74) is -1.42. The summed E-state index contributed by atoms with van der Waals surface area (Å²) in [5.74, 6) is -1.59. The molecule has 164 valence electrons. The first-order chi connectivity index (χ1) is 14.0. The zero-order valence-corrected chi connectivity index (χ0v) is 17.0. The van der Waals surface area contributed by atoms with Crippen LogP contribution in [-0.2, 0) is 25.7 Å². The van der Waals surface area contributed by atoms with Crippen molar-refractivity contribution < 1.29 is 35.5 Å². The zero-order chi connectivity index (χ0) is 22.5. The first kappa shape index (κ1) is 23.8. The molecule has 0 aliphatic carbocycles. The number of ether oxygens (including phenoxy) is 1. The lowest BCUT2D eigenvalue weighted by molar-refractivity contribution is -0.137. The summed E-state index contributed by atoms with van der Waals surface area (Å²) >= 11 is 0. The van der Waals surface area contributed by atoms with Gasteiger partial charge in [0.2, 0.25) is 15.9 Å². The molecule has 0 saturated carbocycles. The van der Waals surface area contributed by atoms with Gasteiger partial charge in [0.15, 0.2) is 0 Å². The van der Waals surface area contributed by atoms with E-state index in [9.17, 15) is 30.8 Å². The molecule has 0 radical (unpaired) electrons. The van der Waals surface area contributed by atoms with Gasteiger partial charge in [0, 0.05) is 13.7 Å². The van der Waals surface area contributed by atoms with Gasteiger partial charge in [0.1, 0.15) is 5.82 Å². The normalized spacial score (nSPS) is 12.2. The van der Waals surface area contributed by atoms with Gasteiger partial charge in [-0.15, -0.1) is 0 Å². The Morgan fingerprint density at radius 2 is 1.83 bits per heavy atom. The summed E-state index contributed by atoms with van der Waals surface area (Å²) in [4.78, 5) is 12.2. The predicted molar refractivity (Wildman–Crippen MR) is 102 cm³/mol. The van der Waals surface area contributed by atoms with E-state index in [-0.39, 0.29) is 23.6 Å². The van der Waals surface area contributed by atoms with Crippen molar-refractivity contribution in [2.45, 2.75) is 18.0 Å². The van der Waals surface area contributed by atoms with Gasteiger partial charge in [-0.25, -0.2) is 12.8 Å². The van der Waals surface area contributed by atoms with Crippen LogP contribution in [0, 0.1) is 12.7 Å². The molecule has 0 atom stereocenters. The smallest absolute Gasteiger partial charge is 0.383 e. The molecule has 30 heavy (non-hydrogen) atoms. The number of carbonyl (C=O) groups excluding carboxylic acids is 1. The Labute approximate surface area is 171 Å². The number of hydrogen-bond donors (Lipinski definition) is 1. The maximum Gasteiger partial charge on any atom is 0.418 e. The SMILES string of the molecule is COCCN(CC(=O)Nc1ccccc1C(F)(F)F)S(=O)(=O)c1ccc(F)cc1C. The second-order valence-electron chi connectivity index (χ2n) is 6.33. The van der Waals surface area contributed by atoms with Crippen LogP contribution in [0.5, 0.6) is 0 Å². The number of methoxy groups -OCH3 is 1. The van der Waals surface area contributed by atoms with Crippen molar-refractivity contribution >= 4 is 21.6 Å². The largest absolute Gasteiger partial charge is 0.418 e. The number of nitrogens with one attached hydrogen (secondary N) is 1. The highest BCUT2D eigenvalue weighted by Gasteiger charge is 2.34. The van der Waals surface area contributed by atoms with Crippen LogP contribution in [0.3, 0.4) is 0 Å². The highest BCUT2D eigenvalue weighted by molar-refractivity contribution is 7.89. The van der Waals surface area contributed by atoms with Crippen LogP contribution < -0.4 is 5.32 Å². The monoisotopic (exact) mass is 448 g/mol. The van der Waals surface area contributed by atoms with E-state index in [1.54, 1.807) is 0 Å². The highest BCUT2D eigenvalue weighted by Crippen LogP contribution is 2.34. The molecule has 0 unspecified atom stereocenters. The molecule has 11 heteroatoms. The van der Waals surface area contributed by atoms with Gasteiger partial charge < -0.3 is 10.1 Å². The van der Waals surface area contributed by atoms with Crippen molar-refractivity contribution in [1.82, 2.24) is 4.31 Å². The number of aryl methyl sites for hydroxylation is 1. The van der Waals surface area contributed by atoms with Crippen LogP contribution >= 0.6 is 0 Å². The summed E-state index contributed by atoms with van der Waals surface area (Å²) in [7, 11) is -2.92. The summed E-state index contributed by atoms with van der Waals surface area (Å²) in [6.45, 7) is 0.342. The Bertz CT molecular complexity index is 1010. The van der Waals surface area contributed by atoms with Gasteiger partial charge in [-0.05, 0) is 42.8 Å². The summed E-state index contributed by atoms with van der Waals surface area (Å²) in [5, 5.41) is 2.11. The lowest BCUT2D eigenvalue weighted by Crippen LogP contribution is -2.40. The number of halogens is 4. The van der Waals surface area contributed by atoms with Crippen molar-refractivity contribution in [3.05, 3.63) is 59.4 Å². The second kappa shape index (κ2) is 9.54. The Balaban J connectivity index is 2.30. The van der Waals surface area contributed by atoms with Crippen molar-refractivity contribution in [1.29, 1.82) is 0 Å². The summed E-state index contributed by atoms with van der Waals surface area (Å²) < 4.78 is 84.3. The minimum atomic E-state index is -4.70. The van der Waals surface area contributed by atoms with Crippen LogP contribution in [0.2, 0.25) is 0 Å². The standard InChI is InChI=1S/C19H20F4N2O4S/c1-13-11-14(20)7-8-17(13)30(27,28)25(9-10-29-2)12-18(26)24-16-6-4-3-5-15(16)19(21,22)23/h3-8,11H,9-10,12H2,1-2H3,(H,24,26). The van der Waals surface area contributed by atoms with Gasteiger partial charge in [-0.3, -0.25) is 4.79 Å². The Morgan fingerprint density at radius 3 is 2.43 bits per heavy atom. The van der Waals surface area contributed by atoms with E-state index in [1.807, 2.05) is 0 Å². The van der Waals surface area contributed by atoms with E-state index < -0.39 is 45.7 Å². The fourth-order valence-corrected chi connectivity index (χ4v) is 4.29. The molecule has 0 bridgehead atoms. The Kier molecular flexibility index (Phi) is 7.56. The average Bonchev–Trinajstić information content (AvgIpc) is 2.64. The molecule has 1 N–H and O–H groups in total. The van der Waals surface area contributed by atoms with Gasteiger partial charge in [-0.2, -0.15) is 17.5 Å². The van der Waals surface area contributed by atoms with E-state index in [4.69, 9.17) is 4.74 Å². The third-order valence-electron chi connectivity index (χ3n) is 4.13. The zero-order valence-electron chi connectivity index (χ0n) is 16.2. The molecule has 0 saturated heterocycles. The first-order valence-electron chi connectivity index (χ1n) is 8.68. The fraction of sp³-hybridized carbons (Fsp3) is 0.316. The molecule has 2 aromatic carbocycles. The molecule has 0 spiro atoms. The molecule has 0 heterocycles. The average molecular weight is 448 g/mol. The van der Waals surface area contributed by atoms with Gasteiger partial charge in [-0.1, -0.05) is 12.1 Å². The summed E-state index contributed by atoms with van der Waals surface area (Å²) in [6, 6.07) is 7.42. The Hall–Kier alpha value is -2.50. The third kappa shape index (κ3) is 5.77. The molecule has 0 fully saturated rings. The number of benzene rings is 2. The highest BCUT2D eigenvalue weighted by atomic mass is 32.2. The van der Waals surface area contributed by atoms with Crippen LogP contribution in [0.4, 0.5) is 23.2 Å². The number of nitrogens with zero attached hydrogens (tertiary/aromatic N) is 1. The number of anilines is 1. The molecule has 2 aromatic rings. The molecule has 2 rings (SSSR count). The van der Waals surface area contributed by atoms with E-state index in [0.29, 0.717) is 0 Å². The van der Waals surface area contributed by atoms with Crippen molar-refractivity contribution in [3.63, 3.8) is 0 Å². The predicted octanol–water partition coefficient (Wildman–Crippen LogP) is 3.43. The number of amides is 1. The third-order valence-corrected chi connectivity index (χ3v) is 6.13. The topological polar surface area (TPSA) is 75.7 Å². The quantitative estimate of drug-likeness (QED) is 0.628. The van der Waals surface area contributed by atoms with Gasteiger partial charge in [0.25, 0.3) is 0 Å². The van der Waals surface area contributed by atoms with Crippen molar-refractivity contribution in [2.24, 2.45) is 0 Å². The Morgan fingerprint density at radius 1 is 1.17 bits per heavy atom. The van der Waals surface area contributed by atoms with E-state index in [1.165, 1.54) is 26.2 Å². The minimum Gasteiger partial charge on any atom is -0.383 e. The number of carbonyl (C=O) groups is 1. The second-order valence-corrected chi connectivity index (χ2v) is 8.24. The van der Waals surface area contributed by atoms with E-state index in [0.717, 1.165) is 34.6 Å². The number of sulfonamides is 1.